The molecule has 0 aliphatic rings. The fourth-order valence-corrected chi connectivity index (χ4v) is 2.93. The van der Waals surface area contributed by atoms with Gasteiger partial charge in [-0.25, -0.2) is 4.68 Å². The maximum absolute atomic E-state index is 12.4. The highest BCUT2D eigenvalue weighted by atomic mass is 16.5. The van der Waals surface area contributed by atoms with Gasteiger partial charge in [0.2, 0.25) is 0 Å². The number of rotatable bonds is 5. The first-order valence-electron chi connectivity index (χ1n) is 8.56. The summed E-state index contributed by atoms with van der Waals surface area (Å²) >= 11 is 0. The second-order valence-electron chi connectivity index (χ2n) is 6.46. The van der Waals surface area contributed by atoms with E-state index in [1.54, 1.807) is 0 Å². The van der Waals surface area contributed by atoms with Crippen LogP contribution in [0.4, 0.5) is 5.69 Å². The van der Waals surface area contributed by atoms with Crippen molar-refractivity contribution in [2.24, 2.45) is 0 Å². The first kappa shape index (κ1) is 17.7. The maximum Gasteiger partial charge on any atom is 0.262 e. The molecule has 1 N–H and O–H groups in total. The van der Waals surface area contributed by atoms with E-state index < -0.39 is 0 Å². The zero-order valence-electron chi connectivity index (χ0n) is 15.5. The van der Waals surface area contributed by atoms with Crippen LogP contribution in [0.5, 0.6) is 5.75 Å². The van der Waals surface area contributed by atoms with Gasteiger partial charge in [-0.2, -0.15) is 5.10 Å². The Bertz CT molecular complexity index is 944. The Kier molecular flexibility index (Phi) is 5.07. The first-order valence-corrected chi connectivity index (χ1v) is 8.56. The molecule has 0 radical (unpaired) electrons. The van der Waals surface area contributed by atoms with E-state index in [0.29, 0.717) is 5.69 Å². The third-order valence-corrected chi connectivity index (χ3v) is 4.11. The van der Waals surface area contributed by atoms with Crippen LogP contribution < -0.4 is 10.1 Å². The molecule has 0 bridgehead atoms. The number of nitrogens with zero attached hydrogens (tertiary/aromatic N) is 2. The van der Waals surface area contributed by atoms with Gasteiger partial charge in [0.15, 0.2) is 6.61 Å². The third-order valence-electron chi connectivity index (χ3n) is 4.11. The van der Waals surface area contributed by atoms with E-state index in [0.717, 1.165) is 34.0 Å². The number of aromatic nitrogens is 2. The number of amides is 1. The molecule has 1 amide bonds. The van der Waals surface area contributed by atoms with Gasteiger partial charge in [0.25, 0.3) is 5.91 Å². The van der Waals surface area contributed by atoms with Gasteiger partial charge in [0, 0.05) is 5.69 Å². The summed E-state index contributed by atoms with van der Waals surface area (Å²) in [6.07, 6.45) is 0. The molecule has 0 aliphatic carbocycles. The van der Waals surface area contributed by atoms with Crippen LogP contribution in [0.2, 0.25) is 0 Å². The molecule has 0 spiro atoms. The van der Waals surface area contributed by atoms with Crippen molar-refractivity contribution in [2.45, 2.75) is 27.7 Å². The Morgan fingerprint density at radius 3 is 2.54 bits per heavy atom. The number of ether oxygens (including phenoxy) is 1. The van der Waals surface area contributed by atoms with E-state index in [-0.39, 0.29) is 12.5 Å². The molecule has 0 atom stereocenters. The number of hydrogen-bond acceptors (Lipinski definition) is 3. The van der Waals surface area contributed by atoms with Crippen molar-refractivity contribution in [3.05, 3.63) is 71.0 Å². The van der Waals surface area contributed by atoms with Gasteiger partial charge < -0.3 is 10.1 Å². The number of carbonyl (C=O) groups is 1. The molecule has 0 saturated carbocycles. The van der Waals surface area contributed by atoms with Gasteiger partial charge in [0.05, 0.1) is 17.1 Å². The minimum atomic E-state index is -0.209. The van der Waals surface area contributed by atoms with Crippen molar-refractivity contribution < 1.29 is 9.53 Å². The van der Waals surface area contributed by atoms with Crippen LogP contribution in [0.15, 0.2) is 48.5 Å². The maximum atomic E-state index is 12.4. The Labute approximate surface area is 153 Å². The van der Waals surface area contributed by atoms with Gasteiger partial charge in [-0.15, -0.1) is 0 Å². The lowest BCUT2D eigenvalue weighted by Crippen LogP contribution is -2.21. The minimum Gasteiger partial charge on any atom is -0.483 e. The zero-order chi connectivity index (χ0) is 18.7. The summed E-state index contributed by atoms with van der Waals surface area (Å²) in [5.41, 5.74) is 5.65. The van der Waals surface area contributed by atoms with Gasteiger partial charge >= 0.3 is 0 Å². The highest BCUT2D eigenvalue weighted by Crippen LogP contribution is 2.22. The molecule has 1 heterocycles. The number of carbonyl (C=O) groups excluding carboxylic acids is 1. The molecule has 26 heavy (non-hydrogen) atoms. The lowest BCUT2D eigenvalue weighted by molar-refractivity contribution is -0.118. The van der Waals surface area contributed by atoms with Crippen LogP contribution in [0.1, 0.15) is 22.5 Å². The summed E-state index contributed by atoms with van der Waals surface area (Å²) < 4.78 is 7.49. The molecule has 0 saturated heterocycles. The molecule has 0 aliphatic heterocycles. The SMILES string of the molecule is Cc1ccc(OCC(=O)Nc2ccccc2-n2nc(C)cc2C)c(C)c1. The van der Waals surface area contributed by atoms with Crippen LogP contribution in [0, 0.1) is 27.7 Å². The monoisotopic (exact) mass is 349 g/mol. The van der Waals surface area contributed by atoms with Crippen LogP contribution in [-0.4, -0.2) is 22.3 Å². The highest BCUT2D eigenvalue weighted by molar-refractivity contribution is 5.93. The molecular formula is C21H23N3O2. The lowest BCUT2D eigenvalue weighted by Gasteiger charge is -2.13. The quantitative estimate of drug-likeness (QED) is 0.754. The Morgan fingerprint density at radius 1 is 1.08 bits per heavy atom. The molecular weight excluding hydrogens is 326 g/mol. The lowest BCUT2D eigenvalue weighted by atomic mass is 10.1. The summed E-state index contributed by atoms with van der Waals surface area (Å²) in [5.74, 6) is 0.511. The molecule has 2 aromatic carbocycles. The van der Waals surface area contributed by atoms with Gasteiger partial charge in [-0.1, -0.05) is 29.8 Å². The first-order chi connectivity index (χ1) is 12.4. The average Bonchev–Trinajstić information content (AvgIpc) is 2.93. The fraction of sp³-hybridized carbons (Fsp3) is 0.238. The molecule has 134 valence electrons. The Balaban J connectivity index is 1.73. The van der Waals surface area contributed by atoms with Crippen molar-refractivity contribution in [1.82, 2.24) is 9.78 Å². The van der Waals surface area contributed by atoms with E-state index >= 15 is 0 Å². The Hall–Kier alpha value is -3.08. The van der Waals surface area contributed by atoms with E-state index in [2.05, 4.69) is 10.4 Å². The molecule has 5 heteroatoms. The van der Waals surface area contributed by atoms with Crippen molar-refractivity contribution in [1.29, 1.82) is 0 Å². The predicted molar refractivity (Wildman–Crippen MR) is 103 cm³/mol. The normalized spacial score (nSPS) is 10.6. The number of nitrogens with one attached hydrogen (secondary N) is 1. The zero-order valence-corrected chi connectivity index (χ0v) is 15.5. The van der Waals surface area contributed by atoms with Gasteiger partial charge in [-0.3, -0.25) is 4.79 Å². The molecule has 0 fully saturated rings. The molecule has 5 nitrogen and oxygen atoms in total. The minimum absolute atomic E-state index is 0.0463. The van der Waals surface area contributed by atoms with Crippen LogP contribution in [0.3, 0.4) is 0 Å². The van der Waals surface area contributed by atoms with E-state index in [4.69, 9.17) is 4.74 Å². The van der Waals surface area contributed by atoms with Crippen molar-refractivity contribution in [2.75, 3.05) is 11.9 Å². The van der Waals surface area contributed by atoms with E-state index in [1.165, 1.54) is 0 Å². The van der Waals surface area contributed by atoms with Crippen molar-refractivity contribution in [3.63, 3.8) is 0 Å². The van der Waals surface area contributed by atoms with Gasteiger partial charge in [-0.05, 0) is 57.5 Å². The van der Waals surface area contributed by atoms with Crippen LogP contribution in [0.25, 0.3) is 5.69 Å². The average molecular weight is 349 g/mol. The molecule has 3 rings (SSSR count). The summed E-state index contributed by atoms with van der Waals surface area (Å²) in [6.45, 7) is 7.89. The summed E-state index contributed by atoms with van der Waals surface area (Å²) in [7, 11) is 0. The fourth-order valence-electron chi connectivity index (χ4n) is 2.93. The van der Waals surface area contributed by atoms with E-state index in [1.807, 2.05) is 80.9 Å². The van der Waals surface area contributed by atoms with E-state index in [9.17, 15) is 4.79 Å². The largest absolute Gasteiger partial charge is 0.483 e. The van der Waals surface area contributed by atoms with Crippen molar-refractivity contribution in [3.8, 4) is 11.4 Å². The number of aryl methyl sites for hydroxylation is 4. The second kappa shape index (κ2) is 7.44. The summed E-state index contributed by atoms with van der Waals surface area (Å²) in [4.78, 5) is 12.4. The predicted octanol–water partition coefficient (Wildman–Crippen LogP) is 4.12. The third kappa shape index (κ3) is 3.94. The highest BCUT2D eigenvalue weighted by Gasteiger charge is 2.12. The topological polar surface area (TPSA) is 56.1 Å². The van der Waals surface area contributed by atoms with Crippen molar-refractivity contribution >= 4 is 11.6 Å². The Morgan fingerprint density at radius 2 is 1.85 bits per heavy atom. The number of hydrogen-bond donors (Lipinski definition) is 1. The summed E-state index contributed by atoms with van der Waals surface area (Å²) in [5, 5.41) is 7.42. The molecule has 1 aromatic heterocycles. The summed E-state index contributed by atoms with van der Waals surface area (Å²) in [6, 6.07) is 15.5. The second-order valence-corrected chi connectivity index (χ2v) is 6.46. The standard InChI is InChI=1S/C21H23N3O2/c1-14-9-10-20(15(2)11-14)26-13-21(25)22-18-7-5-6-8-19(18)24-17(4)12-16(3)23-24/h5-12H,13H2,1-4H3,(H,22,25). The van der Waals surface area contributed by atoms with Gasteiger partial charge in [0.1, 0.15) is 5.75 Å². The van der Waals surface area contributed by atoms with Crippen LogP contribution >= 0.6 is 0 Å². The molecule has 3 aromatic rings. The number of benzene rings is 2. The smallest absolute Gasteiger partial charge is 0.262 e. The number of anilines is 1. The van der Waals surface area contributed by atoms with Crippen LogP contribution in [-0.2, 0) is 4.79 Å². The molecule has 0 unspecified atom stereocenters. The number of para-hydroxylation sites is 2.